The first-order valence-electron chi connectivity index (χ1n) is 7.66. The molecular formula is C15H22FN3O3S. The van der Waals surface area contributed by atoms with E-state index in [4.69, 9.17) is 0 Å². The Bertz CT molecular complexity index is 673. The number of anilines is 1. The van der Waals surface area contributed by atoms with Crippen LogP contribution in [0.15, 0.2) is 23.1 Å². The maximum absolute atomic E-state index is 13.7. The molecule has 1 aromatic rings. The van der Waals surface area contributed by atoms with E-state index in [0.717, 1.165) is 19.0 Å². The van der Waals surface area contributed by atoms with Gasteiger partial charge in [0.15, 0.2) is 0 Å². The second-order valence-electron chi connectivity index (χ2n) is 5.59. The Balaban J connectivity index is 2.38. The monoisotopic (exact) mass is 343 g/mol. The quantitative estimate of drug-likeness (QED) is 0.821. The zero-order valence-corrected chi connectivity index (χ0v) is 14.1. The molecule has 1 heterocycles. The van der Waals surface area contributed by atoms with E-state index in [9.17, 15) is 17.6 Å². The summed E-state index contributed by atoms with van der Waals surface area (Å²) in [5, 5.41) is 5.48. The Morgan fingerprint density at radius 3 is 2.78 bits per heavy atom. The maximum Gasteiger partial charge on any atom is 0.243 e. The van der Waals surface area contributed by atoms with Crippen molar-refractivity contribution in [1.29, 1.82) is 0 Å². The summed E-state index contributed by atoms with van der Waals surface area (Å²) in [6.07, 6.45) is 1.44. The lowest BCUT2D eigenvalue weighted by Gasteiger charge is -2.27. The van der Waals surface area contributed by atoms with E-state index in [-0.39, 0.29) is 16.6 Å². The first-order chi connectivity index (χ1) is 10.9. The Kier molecular flexibility index (Phi) is 5.72. The molecule has 2 N–H and O–H groups in total. The molecule has 1 fully saturated rings. The van der Waals surface area contributed by atoms with Crippen LogP contribution < -0.4 is 10.6 Å². The molecule has 1 atom stereocenters. The number of carbonyl (C=O) groups is 1. The lowest BCUT2D eigenvalue weighted by Crippen LogP contribution is -2.42. The molecule has 1 aliphatic heterocycles. The number of hydrogen-bond donors (Lipinski definition) is 2. The van der Waals surface area contributed by atoms with Crippen LogP contribution in [0.25, 0.3) is 0 Å². The minimum atomic E-state index is -3.75. The molecule has 0 spiro atoms. The van der Waals surface area contributed by atoms with E-state index >= 15 is 0 Å². The van der Waals surface area contributed by atoms with Crippen molar-refractivity contribution in [1.82, 2.24) is 9.62 Å². The predicted molar refractivity (Wildman–Crippen MR) is 86.2 cm³/mol. The highest BCUT2D eigenvalue weighted by molar-refractivity contribution is 7.89. The zero-order chi connectivity index (χ0) is 17.0. The summed E-state index contributed by atoms with van der Waals surface area (Å²) in [5.41, 5.74) is -0.125. The van der Waals surface area contributed by atoms with Gasteiger partial charge in [0.2, 0.25) is 15.9 Å². The number of halogens is 1. The number of hydrogen-bond acceptors (Lipinski definition) is 4. The molecule has 0 radical (unpaired) electrons. The summed E-state index contributed by atoms with van der Waals surface area (Å²) in [5.74, 6) is -1.12. The molecule has 1 saturated heterocycles. The lowest BCUT2D eigenvalue weighted by atomic mass is 10.2. The highest BCUT2D eigenvalue weighted by atomic mass is 32.2. The normalized spacial score (nSPS) is 18.3. The summed E-state index contributed by atoms with van der Waals surface area (Å²) >= 11 is 0. The smallest absolute Gasteiger partial charge is 0.243 e. The van der Waals surface area contributed by atoms with Gasteiger partial charge in [0, 0.05) is 26.1 Å². The maximum atomic E-state index is 13.7. The third-order valence-electron chi connectivity index (χ3n) is 3.74. The third kappa shape index (κ3) is 4.07. The SMILES string of the molecule is CCCN(C1CCNC1)S(=O)(=O)c1ccc(F)c(NC(C)=O)c1. The van der Waals surface area contributed by atoms with Crippen molar-refractivity contribution in [2.45, 2.75) is 37.6 Å². The van der Waals surface area contributed by atoms with Gasteiger partial charge in [-0.05, 0) is 37.6 Å². The van der Waals surface area contributed by atoms with Gasteiger partial charge in [0.1, 0.15) is 5.82 Å². The molecule has 0 bridgehead atoms. The summed E-state index contributed by atoms with van der Waals surface area (Å²) in [4.78, 5) is 11.1. The largest absolute Gasteiger partial charge is 0.324 e. The number of sulfonamides is 1. The molecular weight excluding hydrogens is 321 g/mol. The number of carbonyl (C=O) groups excluding carboxylic acids is 1. The lowest BCUT2D eigenvalue weighted by molar-refractivity contribution is -0.114. The highest BCUT2D eigenvalue weighted by Gasteiger charge is 2.33. The Morgan fingerprint density at radius 2 is 2.22 bits per heavy atom. The summed E-state index contributed by atoms with van der Waals surface area (Å²) < 4.78 is 41.0. The molecule has 1 aromatic carbocycles. The number of nitrogens with one attached hydrogen (secondary N) is 2. The zero-order valence-electron chi connectivity index (χ0n) is 13.3. The van der Waals surface area contributed by atoms with E-state index in [2.05, 4.69) is 10.6 Å². The number of rotatable bonds is 6. The van der Waals surface area contributed by atoms with Gasteiger partial charge < -0.3 is 10.6 Å². The van der Waals surface area contributed by atoms with Crippen LogP contribution in [0.4, 0.5) is 10.1 Å². The van der Waals surface area contributed by atoms with Crippen molar-refractivity contribution < 1.29 is 17.6 Å². The van der Waals surface area contributed by atoms with E-state index < -0.39 is 21.7 Å². The van der Waals surface area contributed by atoms with Gasteiger partial charge in [-0.3, -0.25) is 4.79 Å². The van der Waals surface area contributed by atoms with Gasteiger partial charge in [-0.25, -0.2) is 12.8 Å². The summed E-state index contributed by atoms with van der Waals surface area (Å²) in [7, 11) is -3.75. The second kappa shape index (κ2) is 7.37. The highest BCUT2D eigenvalue weighted by Crippen LogP contribution is 2.25. The van der Waals surface area contributed by atoms with E-state index in [0.29, 0.717) is 19.5 Å². The van der Waals surface area contributed by atoms with Crippen LogP contribution in [-0.4, -0.2) is 44.3 Å². The van der Waals surface area contributed by atoms with Gasteiger partial charge >= 0.3 is 0 Å². The van der Waals surface area contributed by atoms with Crippen LogP contribution in [0.5, 0.6) is 0 Å². The first kappa shape index (κ1) is 17.8. The number of amides is 1. The van der Waals surface area contributed by atoms with Crippen molar-refractivity contribution in [3.63, 3.8) is 0 Å². The van der Waals surface area contributed by atoms with Gasteiger partial charge in [-0.2, -0.15) is 4.31 Å². The van der Waals surface area contributed by atoms with Crippen LogP contribution in [0.3, 0.4) is 0 Å². The average Bonchev–Trinajstić information content (AvgIpc) is 3.00. The average molecular weight is 343 g/mol. The van der Waals surface area contributed by atoms with E-state index in [1.54, 1.807) is 0 Å². The molecule has 2 rings (SSSR count). The van der Waals surface area contributed by atoms with Gasteiger partial charge in [0.25, 0.3) is 0 Å². The van der Waals surface area contributed by atoms with Crippen molar-refractivity contribution in [3.05, 3.63) is 24.0 Å². The van der Waals surface area contributed by atoms with Crippen LogP contribution in [-0.2, 0) is 14.8 Å². The van der Waals surface area contributed by atoms with Crippen LogP contribution in [0, 0.1) is 5.82 Å². The van der Waals surface area contributed by atoms with Crippen molar-refractivity contribution in [3.8, 4) is 0 Å². The minimum Gasteiger partial charge on any atom is -0.324 e. The van der Waals surface area contributed by atoms with Gasteiger partial charge in [0.05, 0.1) is 10.6 Å². The molecule has 1 amide bonds. The van der Waals surface area contributed by atoms with E-state index in [1.165, 1.54) is 23.4 Å². The molecule has 8 heteroatoms. The van der Waals surface area contributed by atoms with Crippen LogP contribution in [0.1, 0.15) is 26.7 Å². The molecule has 128 valence electrons. The fourth-order valence-electron chi connectivity index (χ4n) is 2.69. The summed E-state index contributed by atoms with van der Waals surface area (Å²) in [6.45, 7) is 4.95. The van der Waals surface area contributed by atoms with Gasteiger partial charge in [-0.15, -0.1) is 0 Å². The molecule has 1 unspecified atom stereocenters. The molecule has 0 saturated carbocycles. The van der Waals surface area contributed by atoms with E-state index in [1.807, 2.05) is 6.92 Å². The van der Waals surface area contributed by atoms with Gasteiger partial charge in [-0.1, -0.05) is 6.92 Å². The third-order valence-corrected chi connectivity index (χ3v) is 5.69. The molecule has 6 nitrogen and oxygen atoms in total. The Morgan fingerprint density at radius 1 is 1.48 bits per heavy atom. The number of benzene rings is 1. The van der Waals surface area contributed by atoms with Crippen molar-refractivity contribution >= 4 is 21.6 Å². The Labute approximate surface area is 136 Å². The Hall–Kier alpha value is -1.51. The molecule has 0 aromatic heterocycles. The first-order valence-corrected chi connectivity index (χ1v) is 9.10. The standard InChI is InChI=1S/C15H22FN3O3S/c1-3-8-19(12-6-7-17-10-12)23(21,22)13-4-5-14(16)15(9-13)18-11(2)20/h4-5,9,12,17H,3,6-8,10H2,1-2H3,(H,18,20). The number of nitrogens with zero attached hydrogens (tertiary/aromatic N) is 1. The van der Waals surface area contributed by atoms with Crippen molar-refractivity contribution in [2.75, 3.05) is 25.0 Å². The van der Waals surface area contributed by atoms with Crippen molar-refractivity contribution in [2.24, 2.45) is 0 Å². The fourth-order valence-corrected chi connectivity index (χ4v) is 4.46. The van der Waals surface area contributed by atoms with Crippen LogP contribution in [0.2, 0.25) is 0 Å². The van der Waals surface area contributed by atoms with Crippen LogP contribution >= 0.6 is 0 Å². The predicted octanol–water partition coefficient (Wildman–Crippen LogP) is 1.55. The summed E-state index contributed by atoms with van der Waals surface area (Å²) in [6, 6.07) is 3.38. The molecule has 1 aliphatic rings. The molecule has 23 heavy (non-hydrogen) atoms. The molecule has 0 aliphatic carbocycles. The topological polar surface area (TPSA) is 78.5 Å². The second-order valence-corrected chi connectivity index (χ2v) is 7.48. The fraction of sp³-hybridized carbons (Fsp3) is 0.533. The minimum absolute atomic E-state index is 0.0111.